The van der Waals surface area contributed by atoms with E-state index in [1.165, 1.54) is 4.90 Å². The number of imide groups is 1. The summed E-state index contributed by atoms with van der Waals surface area (Å²) >= 11 is 0. The molecule has 0 aromatic heterocycles. The molecule has 0 atom stereocenters. The summed E-state index contributed by atoms with van der Waals surface area (Å²) in [5, 5.41) is 2.90. The van der Waals surface area contributed by atoms with Crippen molar-refractivity contribution in [2.24, 2.45) is 5.73 Å². The van der Waals surface area contributed by atoms with Gasteiger partial charge in [-0.3, -0.25) is 9.69 Å². The zero-order valence-corrected chi connectivity index (χ0v) is 12.9. The Kier molecular flexibility index (Phi) is 5.18. The molecule has 2 aliphatic rings. The van der Waals surface area contributed by atoms with Gasteiger partial charge in [0, 0.05) is 25.7 Å². The number of nitrogens with zero attached hydrogens (tertiary/aromatic N) is 2. The van der Waals surface area contributed by atoms with Gasteiger partial charge in [0.1, 0.15) is 5.54 Å². The lowest BCUT2D eigenvalue weighted by Gasteiger charge is -2.39. The third-order valence-electron chi connectivity index (χ3n) is 4.35. The second kappa shape index (κ2) is 6.72. The van der Waals surface area contributed by atoms with Gasteiger partial charge in [-0.05, 0) is 26.7 Å². The first kappa shape index (κ1) is 16.2. The molecular weight excluding hydrogens is 272 g/mol. The maximum Gasteiger partial charge on any atom is 0.325 e. The molecule has 120 valence electrons. The molecule has 0 aliphatic carbocycles. The van der Waals surface area contributed by atoms with E-state index in [1.54, 1.807) is 0 Å². The Labute approximate surface area is 125 Å². The number of amides is 3. The average molecular weight is 298 g/mol. The molecule has 3 amide bonds. The number of nitrogens with one attached hydrogen (secondary N) is 1. The molecule has 7 heteroatoms. The van der Waals surface area contributed by atoms with Crippen molar-refractivity contribution >= 4 is 11.9 Å². The molecule has 0 bridgehead atoms. The van der Waals surface area contributed by atoms with Crippen LogP contribution in [-0.2, 0) is 9.53 Å². The van der Waals surface area contributed by atoms with Crippen LogP contribution in [0.2, 0.25) is 0 Å². The van der Waals surface area contributed by atoms with Crippen molar-refractivity contribution in [1.29, 1.82) is 0 Å². The maximum atomic E-state index is 12.6. The van der Waals surface area contributed by atoms with E-state index in [2.05, 4.69) is 24.1 Å². The molecule has 2 aliphatic heterocycles. The molecule has 7 nitrogen and oxygen atoms in total. The lowest BCUT2D eigenvalue weighted by molar-refractivity contribution is -0.133. The highest BCUT2D eigenvalue weighted by Gasteiger charge is 2.52. The fourth-order valence-corrected chi connectivity index (χ4v) is 2.98. The van der Waals surface area contributed by atoms with Crippen molar-refractivity contribution in [3.63, 3.8) is 0 Å². The molecule has 2 fully saturated rings. The molecule has 0 unspecified atom stereocenters. The monoisotopic (exact) mass is 298 g/mol. The van der Waals surface area contributed by atoms with Crippen LogP contribution in [0.3, 0.4) is 0 Å². The largest absolute Gasteiger partial charge is 0.378 e. The minimum Gasteiger partial charge on any atom is -0.378 e. The Morgan fingerprint density at radius 2 is 1.95 bits per heavy atom. The van der Waals surface area contributed by atoms with E-state index in [4.69, 9.17) is 10.5 Å². The molecule has 0 aromatic carbocycles. The van der Waals surface area contributed by atoms with Gasteiger partial charge in [-0.2, -0.15) is 0 Å². The van der Waals surface area contributed by atoms with E-state index in [0.29, 0.717) is 45.2 Å². The zero-order chi connectivity index (χ0) is 15.5. The van der Waals surface area contributed by atoms with Crippen LogP contribution in [0.5, 0.6) is 0 Å². The second-order valence-corrected chi connectivity index (χ2v) is 6.00. The van der Waals surface area contributed by atoms with E-state index in [9.17, 15) is 9.59 Å². The van der Waals surface area contributed by atoms with Crippen LogP contribution < -0.4 is 11.1 Å². The van der Waals surface area contributed by atoms with Gasteiger partial charge in [0.15, 0.2) is 0 Å². The van der Waals surface area contributed by atoms with Crippen molar-refractivity contribution in [3.8, 4) is 0 Å². The van der Waals surface area contributed by atoms with Gasteiger partial charge in [0.25, 0.3) is 5.91 Å². The topological polar surface area (TPSA) is 87.9 Å². The van der Waals surface area contributed by atoms with Gasteiger partial charge in [0.2, 0.25) is 0 Å². The van der Waals surface area contributed by atoms with Crippen LogP contribution in [0.4, 0.5) is 4.79 Å². The number of hydrogen-bond donors (Lipinski definition) is 2. The summed E-state index contributed by atoms with van der Waals surface area (Å²) in [6.07, 6.45) is 1.35. The van der Waals surface area contributed by atoms with E-state index in [0.717, 1.165) is 13.1 Å². The predicted molar refractivity (Wildman–Crippen MR) is 78.8 cm³/mol. The van der Waals surface area contributed by atoms with Crippen molar-refractivity contribution < 1.29 is 14.3 Å². The minimum atomic E-state index is -0.698. The van der Waals surface area contributed by atoms with Gasteiger partial charge >= 0.3 is 6.03 Å². The van der Waals surface area contributed by atoms with Crippen molar-refractivity contribution in [3.05, 3.63) is 0 Å². The summed E-state index contributed by atoms with van der Waals surface area (Å²) in [5.74, 6) is -0.104. The van der Waals surface area contributed by atoms with Crippen LogP contribution in [0.25, 0.3) is 0 Å². The lowest BCUT2D eigenvalue weighted by Crippen LogP contribution is -2.56. The van der Waals surface area contributed by atoms with Crippen molar-refractivity contribution in [2.45, 2.75) is 38.3 Å². The van der Waals surface area contributed by atoms with Crippen LogP contribution in [0.15, 0.2) is 0 Å². The van der Waals surface area contributed by atoms with Gasteiger partial charge in [-0.1, -0.05) is 0 Å². The number of carbonyl (C=O) groups excluding carboxylic acids is 2. The van der Waals surface area contributed by atoms with E-state index in [-0.39, 0.29) is 11.9 Å². The Morgan fingerprint density at radius 3 is 2.52 bits per heavy atom. The number of rotatable bonds is 6. The molecule has 21 heavy (non-hydrogen) atoms. The zero-order valence-electron chi connectivity index (χ0n) is 12.9. The molecule has 0 saturated carbocycles. The molecule has 0 radical (unpaired) electrons. The quantitative estimate of drug-likeness (QED) is 0.522. The highest BCUT2D eigenvalue weighted by Crippen LogP contribution is 2.30. The summed E-state index contributed by atoms with van der Waals surface area (Å²) in [4.78, 5) is 28.2. The molecule has 2 saturated heterocycles. The number of hydrogen-bond acceptors (Lipinski definition) is 5. The molecule has 0 aromatic rings. The second-order valence-electron chi connectivity index (χ2n) is 6.00. The number of likely N-dealkylation sites (tertiary alicyclic amines) is 1. The number of urea groups is 1. The fraction of sp³-hybridized carbons (Fsp3) is 0.857. The van der Waals surface area contributed by atoms with Gasteiger partial charge in [-0.15, -0.1) is 0 Å². The van der Waals surface area contributed by atoms with Gasteiger partial charge in [-0.25, -0.2) is 4.79 Å². The number of ether oxygens (including phenoxy) is 1. The van der Waals surface area contributed by atoms with E-state index < -0.39 is 5.54 Å². The summed E-state index contributed by atoms with van der Waals surface area (Å²) in [5.41, 5.74) is 4.64. The highest BCUT2D eigenvalue weighted by atomic mass is 16.5. The third kappa shape index (κ3) is 3.36. The standard InChI is InChI=1S/C14H26N4O3/c1-11(2)17-6-3-14(4-7-17)12(19)18(13(20)16-14)8-10-21-9-5-15/h11H,3-10,15H2,1-2H3,(H,16,20). The predicted octanol–water partition coefficient (Wildman–Crippen LogP) is -0.243. The SMILES string of the molecule is CC(C)N1CCC2(CC1)NC(=O)N(CCOCCN)C2=O. The Balaban J connectivity index is 1.92. The smallest absolute Gasteiger partial charge is 0.325 e. The van der Waals surface area contributed by atoms with Crippen LogP contribution >= 0.6 is 0 Å². The summed E-state index contributed by atoms with van der Waals surface area (Å²) in [6, 6.07) is 0.171. The van der Waals surface area contributed by atoms with Gasteiger partial charge in [0.05, 0.1) is 19.8 Å². The lowest BCUT2D eigenvalue weighted by atomic mass is 9.87. The molecular formula is C14H26N4O3. The Morgan fingerprint density at radius 1 is 1.29 bits per heavy atom. The Hall–Kier alpha value is -1.18. The Bertz CT molecular complexity index is 392. The van der Waals surface area contributed by atoms with Crippen LogP contribution in [0.1, 0.15) is 26.7 Å². The number of carbonyl (C=O) groups is 2. The minimum absolute atomic E-state index is 0.104. The highest BCUT2D eigenvalue weighted by molar-refractivity contribution is 6.07. The summed E-state index contributed by atoms with van der Waals surface area (Å²) in [7, 11) is 0. The van der Waals surface area contributed by atoms with Crippen molar-refractivity contribution in [2.75, 3.05) is 39.4 Å². The van der Waals surface area contributed by atoms with Crippen LogP contribution in [-0.4, -0.2) is 72.7 Å². The molecule has 2 rings (SSSR count). The van der Waals surface area contributed by atoms with E-state index in [1.807, 2.05) is 0 Å². The fourth-order valence-electron chi connectivity index (χ4n) is 2.98. The first-order valence-electron chi connectivity index (χ1n) is 7.66. The summed E-state index contributed by atoms with van der Waals surface area (Å²) in [6.45, 7) is 7.47. The number of piperidine rings is 1. The van der Waals surface area contributed by atoms with Crippen molar-refractivity contribution in [1.82, 2.24) is 15.1 Å². The summed E-state index contributed by atoms with van der Waals surface area (Å²) < 4.78 is 5.26. The first-order chi connectivity index (χ1) is 10.00. The maximum absolute atomic E-state index is 12.6. The molecule has 3 N–H and O–H groups in total. The molecule has 2 heterocycles. The normalized spacial score (nSPS) is 22.4. The third-order valence-corrected chi connectivity index (χ3v) is 4.35. The molecule has 1 spiro atoms. The van der Waals surface area contributed by atoms with Crippen LogP contribution in [0, 0.1) is 0 Å². The van der Waals surface area contributed by atoms with E-state index >= 15 is 0 Å². The first-order valence-corrected chi connectivity index (χ1v) is 7.66. The van der Waals surface area contributed by atoms with Gasteiger partial charge < -0.3 is 20.7 Å². The number of nitrogens with two attached hydrogens (primary N) is 1. The average Bonchev–Trinajstić information content (AvgIpc) is 2.68.